The number of rotatable bonds is 11. The summed E-state index contributed by atoms with van der Waals surface area (Å²) in [6.07, 6.45) is 4.02. The summed E-state index contributed by atoms with van der Waals surface area (Å²) in [5.41, 5.74) is 5.64. The second kappa shape index (κ2) is 11.7. The summed E-state index contributed by atoms with van der Waals surface area (Å²) in [7, 11) is 4.90. The standard InChI is InChI=1S/C30H34N2O4/c1-5-21-8-7-11-24-26(19-32-30(21)24)25(22-9-6-10-23(17-22)34-2)18-29(33)31-15-14-20-12-13-27(35-3)28(16-20)36-4/h6-13,16-17,19,25,32H,5,14-15,18H2,1-4H3,(H,31,33). The monoisotopic (exact) mass is 486 g/mol. The molecule has 4 rings (SSSR count). The molecule has 1 unspecified atom stereocenters. The van der Waals surface area contributed by atoms with Crippen LogP contribution in [0.2, 0.25) is 0 Å². The maximum absolute atomic E-state index is 13.2. The highest BCUT2D eigenvalue weighted by Gasteiger charge is 2.22. The molecule has 36 heavy (non-hydrogen) atoms. The van der Waals surface area contributed by atoms with E-state index in [-0.39, 0.29) is 11.8 Å². The number of carbonyl (C=O) groups is 1. The second-order valence-electron chi connectivity index (χ2n) is 8.76. The molecule has 0 spiro atoms. The highest BCUT2D eigenvalue weighted by molar-refractivity contribution is 5.88. The van der Waals surface area contributed by atoms with Crippen molar-refractivity contribution in [2.45, 2.75) is 32.1 Å². The average Bonchev–Trinajstić information content (AvgIpc) is 3.35. The summed E-state index contributed by atoms with van der Waals surface area (Å²) < 4.78 is 16.2. The molecule has 6 heteroatoms. The predicted molar refractivity (Wildman–Crippen MR) is 143 cm³/mol. The van der Waals surface area contributed by atoms with E-state index in [4.69, 9.17) is 14.2 Å². The van der Waals surface area contributed by atoms with Gasteiger partial charge < -0.3 is 24.5 Å². The van der Waals surface area contributed by atoms with Crippen LogP contribution in [0.25, 0.3) is 10.9 Å². The van der Waals surface area contributed by atoms with E-state index < -0.39 is 0 Å². The lowest BCUT2D eigenvalue weighted by atomic mass is 9.87. The third-order valence-corrected chi connectivity index (χ3v) is 6.66. The number of hydrogen-bond acceptors (Lipinski definition) is 4. The number of H-pyrrole nitrogens is 1. The number of aromatic amines is 1. The fourth-order valence-electron chi connectivity index (χ4n) is 4.73. The molecular formula is C30H34N2O4. The summed E-state index contributed by atoms with van der Waals surface area (Å²) in [5.74, 6) is 2.05. The lowest BCUT2D eigenvalue weighted by Crippen LogP contribution is -2.27. The third kappa shape index (κ3) is 5.48. The number of hydrogen-bond donors (Lipinski definition) is 2. The Kier molecular flexibility index (Phi) is 8.16. The van der Waals surface area contributed by atoms with Crippen molar-refractivity contribution in [2.75, 3.05) is 27.9 Å². The van der Waals surface area contributed by atoms with E-state index >= 15 is 0 Å². The topological polar surface area (TPSA) is 72.6 Å². The van der Waals surface area contributed by atoms with Crippen LogP contribution in [0, 0.1) is 0 Å². The molecule has 1 amide bonds. The van der Waals surface area contributed by atoms with Crippen LogP contribution in [0.5, 0.6) is 17.2 Å². The molecule has 0 aliphatic carbocycles. The summed E-state index contributed by atoms with van der Waals surface area (Å²) in [6, 6.07) is 20.2. The number of para-hydroxylation sites is 1. The second-order valence-corrected chi connectivity index (χ2v) is 8.76. The minimum absolute atomic E-state index is 0.00397. The molecule has 3 aromatic carbocycles. The number of nitrogens with one attached hydrogen (secondary N) is 2. The van der Waals surface area contributed by atoms with Crippen LogP contribution in [0.15, 0.2) is 66.9 Å². The number of aryl methyl sites for hydroxylation is 1. The molecule has 4 aromatic rings. The average molecular weight is 487 g/mol. The molecule has 0 saturated heterocycles. The van der Waals surface area contributed by atoms with Crippen LogP contribution in [-0.4, -0.2) is 38.8 Å². The van der Waals surface area contributed by atoms with Crippen molar-refractivity contribution in [1.82, 2.24) is 10.3 Å². The Hall–Kier alpha value is -3.93. The molecule has 0 bridgehead atoms. The highest BCUT2D eigenvalue weighted by Crippen LogP contribution is 2.36. The fourth-order valence-corrected chi connectivity index (χ4v) is 4.73. The van der Waals surface area contributed by atoms with Gasteiger partial charge in [0.25, 0.3) is 0 Å². The van der Waals surface area contributed by atoms with Crippen LogP contribution >= 0.6 is 0 Å². The smallest absolute Gasteiger partial charge is 0.220 e. The van der Waals surface area contributed by atoms with Gasteiger partial charge in [0, 0.05) is 36.0 Å². The molecule has 0 saturated carbocycles. The zero-order valence-corrected chi connectivity index (χ0v) is 21.4. The van der Waals surface area contributed by atoms with Crippen LogP contribution < -0.4 is 19.5 Å². The first-order chi connectivity index (χ1) is 17.6. The van der Waals surface area contributed by atoms with E-state index in [1.54, 1.807) is 21.3 Å². The molecular weight excluding hydrogens is 452 g/mol. The van der Waals surface area contributed by atoms with Crippen LogP contribution in [0.4, 0.5) is 0 Å². The lowest BCUT2D eigenvalue weighted by molar-refractivity contribution is -0.121. The van der Waals surface area contributed by atoms with Crippen LogP contribution in [0.3, 0.4) is 0 Å². The van der Waals surface area contributed by atoms with Crippen molar-refractivity contribution >= 4 is 16.8 Å². The van der Waals surface area contributed by atoms with Crippen LogP contribution in [-0.2, 0) is 17.6 Å². The van der Waals surface area contributed by atoms with Crippen LogP contribution in [0.1, 0.15) is 41.5 Å². The summed E-state index contributed by atoms with van der Waals surface area (Å²) >= 11 is 0. The van der Waals surface area contributed by atoms with Gasteiger partial charge in [0.1, 0.15) is 5.75 Å². The SMILES string of the molecule is CCc1cccc2c(C(CC(=O)NCCc3ccc(OC)c(OC)c3)c3cccc(OC)c3)c[nH]c12. The Morgan fingerprint density at radius 3 is 2.50 bits per heavy atom. The number of amides is 1. The van der Waals surface area contributed by atoms with Gasteiger partial charge in [0.05, 0.1) is 21.3 Å². The Morgan fingerprint density at radius 1 is 0.944 bits per heavy atom. The van der Waals surface area contributed by atoms with Gasteiger partial charge in [-0.15, -0.1) is 0 Å². The molecule has 6 nitrogen and oxygen atoms in total. The van der Waals surface area contributed by atoms with Crippen molar-refractivity contribution < 1.29 is 19.0 Å². The fraction of sp³-hybridized carbons (Fsp3) is 0.300. The van der Waals surface area contributed by atoms with Gasteiger partial charge in [-0.05, 0) is 59.4 Å². The van der Waals surface area contributed by atoms with E-state index in [2.05, 4.69) is 41.5 Å². The first-order valence-electron chi connectivity index (χ1n) is 12.3. The molecule has 0 aliphatic heterocycles. The lowest BCUT2D eigenvalue weighted by Gasteiger charge is -2.18. The van der Waals surface area contributed by atoms with Gasteiger partial charge in [-0.25, -0.2) is 0 Å². The first kappa shape index (κ1) is 25.2. The van der Waals surface area contributed by atoms with Crippen molar-refractivity contribution in [3.05, 3.63) is 89.1 Å². The number of aromatic nitrogens is 1. The maximum atomic E-state index is 13.2. The Labute approximate surface area is 212 Å². The molecule has 1 aromatic heterocycles. The van der Waals surface area contributed by atoms with Crippen molar-refractivity contribution in [3.8, 4) is 17.2 Å². The molecule has 0 radical (unpaired) electrons. The molecule has 2 N–H and O–H groups in total. The van der Waals surface area contributed by atoms with Crippen molar-refractivity contribution in [1.29, 1.82) is 0 Å². The van der Waals surface area contributed by atoms with Crippen molar-refractivity contribution in [2.24, 2.45) is 0 Å². The number of benzene rings is 3. The Balaban J connectivity index is 1.53. The maximum Gasteiger partial charge on any atom is 0.220 e. The third-order valence-electron chi connectivity index (χ3n) is 6.66. The van der Waals surface area contributed by atoms with E-state index in [0.29, 0.717) is 30.9 Å². The minimum atomic E-state index is -0.109. The molecule has 0 aliphatic rings. The van der Waals surface area contributed by atoms with E-state index in [1.807, 2.05) is 42.6 Å². The minimum Gasteiger partial charge on any atom is -0.497 e. The van der Waals surface area contributed by atoms with E-state index in [1.165, 1.54) is 5.56 Å². The largest absolute Gasteiger partial charge is 0.497 e. The quantitative estimate of drug-likeness (QED) is 0.288. The number of ether oxygens (including phenoxy) is 3. The molecule has 1 heterocycles. The summed E-state index contributed by atoms with van der Waals surface area (Å²) in [6.45, 7) is 2.69. The Bertz CT molecular complexity index is 1330. The molecule has 1 atom stereocenters. The molecule has 188 valence electrons. The van der Waals surface area contributed by atoms with Gasteiger partial charge in [-0.1, -0.05) is 43.3 Å². The van der Waals surface area contributed by atoms with Gasteiger partial charge in [-0.2, -0.15) is 0 Å². The van der Waals surface area contributed by atoms with Gasteiger partial charge in [-0.3, -0.25) is 4.79 Å². The number of carbonyl (C=O) groups excluding carboxylic acids is 1. The highest BCUT2D eigenvalue weighted by atomic mass is 16.5. The number of fused-ring (bicyclic) bond motifs is 1. The van der Waals surface area contributed by atoms with E-state index in [9.17, 15) is 4.79 Å². The normalized spacial score (nSPS) is 11.8. The number of methoxy groups -OCH3 is 3. The summed E-state index contributed by atoms with van der Waals surface area (Å²) in [5, 5.41) is 4.26. The van der Waals surface area contributed by atoms with E-state index in [0.717, 1.165) is 39.8 Å². The van der Waals surface area contributed by atoms with Crippen molar-refractivity contribution in [3.63, 3.8) is 0 Å². The molecule has 0 fully saturated rings. The van der Waals surface area contributed by atoms with Gasteiger partial charge in [0.2, 0.25) is 5.91 Å². The van der Waals surface area contributed by atoms with Gasteiger partial charge >= 0.3 is 0 Å². The zero-order chi connectivity index (χ0) is 25.5. The zero-order valence-electron chi connectivity index (χ0n) is 21.4. The first-order valence-corrected chi connectivity index (χ1v) is 12.3. The summed E-state index contributed by atoms with van der Waals surface area (Å²) in [4.78, 5) is 16.6. The Morgan fingerprint density at radius 2 is 1.75 bits per heavy atom. The van der Waals surface area contributed by atoms with Gasteiger partial charge in [0.15, 0.2) is 11.5 Å². The predicted octanol–water partition coefficient (Wildman–Crippen LogP) is 5.64.